The lowest BCUT2D eigenvalue weighted by molar-refractivity contribution is 0.495. The molecule has 0 radical (unpaired) electrons. The largest absolute Gasteiger partial charge is 0.375 e. The third-order valence-electron chi connectivity index (χ3n) is 3.36. The van der Waals surface area contributed by atoms with E-state index in [0.717, 1.165) is 0 Å². The maximum atomic E-state index is 13.6. The third kappa shape index (κ3) is 2.37. The number of sulfone groups is 1. The quantitative estimate of drug-likeness (QED) is 0.867. The fraction of sp³-hybridized carbons (Fsp3) is 0.143. The van der Waals surface area contributed by atoms with Crippen LogP contribution >= 0.6 is 0 Å². The average molecular weight is 313 g/mol. The predicted molar refractivity (Wildman–Crippen MR) is 71.2 cm³/mol. The summed E-state index contributed by atoms with van der Waals surface area (Å²) in [7, 11) is -3.46. The molecule has 7 heteroatoms. The molecule has 1 unspecified atom stereocenters. The summed E-state index contributed by atoms with van der Waals surface area (Å²) in [5.74, 6) is -3.73. The molecule has 0 aliphatic carbocycles. The topological polar surface area (TPSA) is 46.2 Å². The minimum atomic E-state index is -3.46. The number of nitrogens with one attached hydrogen (secondary N) is 1. The molecule has 2 aromatic carbocycles. The first-order valence-corrected chi connectivity index (χ1v) is 7.76. The van der Waals surface area contributed by atoms with E-state index in [1.165, 1.54) is 6.07 Å². The second-order valence-corrected chi connectivity index (χ2v) is 6.76. The summed E-state index contributed by atoms with van der Waals surface area (Å²) >= 11 is 0. The van der Waals surface area contributed by atoms with Gasteiger partial charge in [-0.3, -0.25) is 0 Å². The van der Waals surface area contributed by atoms with Gasteiger partial charge in [0.25, 0.3) is 0 Å². The van der Waals surface area contributed by atoms with Crippen molar-refractivity contribution in [2.75, 3.05) is 11.1 Å². The highest BCUT2D eigenvalue weighted by atomic mass is 32.2. The highest BCUT2D eigenvalue weighted by Crippen LogP contribution is 2.36. The fourth-order valence-electron chi connectivity index (χ4n) is 2.39. The van der Waals surface area contributed by atoms with Crippen LogP contribution in [0.25, 0.3) is 0 Å². The molecule has 1 aliphatic heterocycles. The van der Waals surface area contributed by atoms with Crippen LogP contribution in [0.15, 0.2) is 41.3 Å². The van der Waals surface area contributed by atoms with Gasteiger partial charge in [-0.2, -0.15) is 0 Å². The van der Waals surface area contributed by atoms with Crippen LogP contribution in [0.5, 0.6) is 0 Å². The van der Waals surface area contributed by atoms with Crippen LogP contribution < -0.4 is 5.32 Å². The van der Waals surface area contributed by atoms with Crippen LogP contribution in [-0.4, -0.2) is 14.2 Å². The zero-order valence-electron chi connectivity index (χ0n) is 10.6. The van der Waals surface area contributed by atoms with Crippen molar-refractivity contribution in [3.8, 4) is 0 Å². The Bertz CT molecular complexity index is 821. The number of halogens is 3. The summed E-state index contributed by atoms with van der Waals surface area (Å²) < 4.78 is 63.7. The van der Waals surface area contributed by atoms with Crippen LogP contribution in [0.3, 0.4) is 0 Å². The lowest BCUT2D eigenvalue weighted by Crippen LogP contribution is -2.14. The third-order valence-corrected chi connectivity index (χ3v) is 5.17. The van der Waals surface area contributed by atoms with Gasteiger partial charge in [0, 0.05) is 12.1 Å². The Balaban J connectivity index is 2.00. The van der Waals surface area contributed by atoms with Crippen LogP contribution in [0.2, 0.25) is 0 Å². The number of anilines is 1. The molecule has 0 saturated heterocycles. The normalized spacial score (nSPS) is 19.3. The molecule has 0 aromatic heterocycles. The van der Waals surface area contributed by atoms with E-state index in [1.54, 1.807) is 18.2 Å². The van der Waals surface area contributed by atoms with Gasteiger partial charge in [-0.15, -0.1) is 0 Å². The smallest absolute Gasteiger partial charge is 0.181 e. The van der Waals surface area contributed by atoms with Crippen molar-refractivity contribution in [3.63, 3.8) is 0 Å². The first-order chi connectivity index (χ1) is 9.88. The molecule has 110 valence electrons. The molecular formula is C14H10F3NO2S. The number of rotatable bonds is 2. The van der Waals surface area contributed by atoms with Crippen LogP contribution in [0.4, 0.5) is 18.9 Å². The number of hydrogen-bond donors (Lipinski definition) is 1. The second-order valence-electron chi connectivity index (χ2n) is 4.76. The first-order valence-electron chi connectivity index (χ1n) is 6.11. The highest BCUT2D eigenvalue weighted by Gasteiger charge is 2.34. The first kappa shape index (κ1) is 13.9. The van der Waals surface area contributed by atoms with Crippen LogP contribution in [0, 0.1) is 17.5 Å². The van der Waals surface area contributed by atoms with E-state index in [9.17, 15) is 21.6 Å². The molecular weight excluding hydrogens is 303 g/mol. The highest BCUT2D eigenvalue weighted by molar-refractivity contribution is 7.91. The lowest BCUT2D eigenvalue weighted by atomic mass is 10.1. The molecule has 1 N–H and O–H groups in total. The predicted octanol–water partition coefficient (Wildman–Crippen LogP) is 3.04. The average Bonchev–Trinajstić information content (AvgIpc) is 2.68. The van der Waals surface area contributed by atoms with Crippen molar-refractivity contribution >= 4 is 15.5 Å². The van der Waals surface area contributed by atoms with Gasteiger partial charge < -0.3 is 5.32 Å². The molecule has 1 atom stereocenters. The van der Waals surface area contributed by atoms with Gasteiger partial charge in [-0.25, -0.2) is 21.6 Å². The van der Waals surface area contributed by atoms with E-state index in [-0.39, 0.29) is 16.3 Å². The van der Waals surface area contributed by atoms with Crippen molar-refractivity contribution in [1.82, 2.24) is 0 Å². The molecule has 3 nitrogen and oxygen atoms in total. The Labute approximate surface area is 119 Å². The molecule has 2 aromatic rings. The van der Waals surface area contributed by atoms with Gasteiger partial charge in [0.1, 0.15) is 5.82 Å². The maximum Gasteiger partial charge on any atom is 0.181 e. The minimum Gasteiger partial charge on any atom is -0.375 e. The molecule has 21 heavy (non-hydrogen) atoms. The van der Waals surface area contributed by atoms with Gasteiger partial charge in [-0.1, -0.05) is 18.2 Å². The van der Waals surface area contributed by atoms with Crippen molar-refractivity contribution in [2.45, 2.75) is 10.9 Å². The maximum absolute atomic E-state index is 13.6. The number of fused-ring (bicyclic) bond motifs is 1. The van der Waals surface area contributed by atoms with Crippen molar-refractivity contribution in [1.29, 1.82) is 0 Å². The van der Waals surface area contributed by atoms with Gasteiger partial charge in [-0.05, 0) is 11.6 Å². The second kappa shape index (κ2) is 4.77. The Morgan fingerprint density at radius 3 is 2.43 bits per heavy atom. The van der Waals surface area contributed by atoms with E-state index in [0.29, 0.717) is 17.7 Å². The molecule has 0 spiro atoms. The summed E-state index contributed by atoms with van der Waals surface area (Å²) in [6, 6.07) is 6.73. The van der Waals surface area contributed by atoms with Crippen LogP contribution in [0.1, 0.15) is 11.6 Å². The molecule has 0 saturated carbocycles. The monoisotopic (exact) mass is 313 g/mol. The van der Waals surface area contributed by atoms with Crippen molar-refractivity contribution < 1.29 is 21.6 Å². The Morgan fingerprint density at radius 2 is 1.67 bits per heavy atom. The van der Waals surface area contributed by atoms with Crippen molar-refractivity contribution in [2.24, 2.45) is 0 Å². The Hall–Kier alpha value is -2.02. The molecule has 0 fully saturated rings. The van der Waals surface area contributed by atoms with Gasteiger partial charge >= 0.3 is 0 Å². The van der Waals surface area contributed by atoms with Crippen LogP contribution in [-0.2, 0) is 9.84 Å². The van der Waals surface area contributed by atoms with Crippen molar-refractivity contribution in [3.05, 3.63) is 59.4 Å². The van der Waals surface area contributed by atoms with E-state index in [1.807, 2.05) is 0 Å². The molecule has 1 aliphatic rings. The van der Waals surface area contributed by atoms with E-state index < -0.39 is 33.3 Å². The lowest BCUT2D eigenvalue weighted by Gasteiger charge is -2.15. The summed E-state index contributed by atoms with van der Waals surface area (Å²) in [6.45, 7) is 0. The summed E-state index contributed by atoms with van der Waals surface area (Å²) in [5.41, 5.74) is 0.215. The zero-order chi connectivity index (χ0) is 15.2. The van der Waals surface area contributed by atoms with Gasteiger partial charge in [0.2, 0.25) is 0 Å². The van der Waals surface area contributed by atoms with Gasteiger partial charge in [0.15, 0.2) is 21.5 Å². The summed E-state index contributed by atoms with van der Waals surface area (Å²) in [6.07, 6.45) is 0. The molecule has 3 rings (SSSR count). The number of hydrogen-bond acceptors (Lipinski definition) is 3. The molecule has 1 heterocycles. The van der Waals surface area contributed by atoms with E-state index >= 15 is 0 Å². The van der Waals surface area contributed by atoms with E-state index in [2.05, 4.69) is 5.32 Å². The standard InChI is InChI=1S/C14H10F3NO2S/c15-9-5-11(17)12(6-10(9)16)18-13-7-21(19,20)14-4-2-1-3-8(13)14/h1-6,13,18H,7H2. The molecule has 0 amide bonds. The minimum absolute atomic E-state index is 0.172. The zero-order valence-corrected chi connectivity index (χ0v) is 11.4. The fourth-order valence-corrected chi connectivity index (χ4v) is 4.13. The SMILES string of the molecule is O=S1(=O)CC(Nc2cc(F)c(F)cc2F)c2ccccc21. The molecule has 0 bridgehead atoms. The Kier molecular flexibility index (Phi) is 3.16. The Morgan fingerprint density at radius 1 is 1.00 bits per heavy atom. The summed E-state index contributed by atoms with van der Waals surface area (Å²) in [5, 5.41) is 2.63. The van der Waals surface area contributed by atoms with Gasteiger partial charge in [0.05, 0.1) is 22.4 Å². The number of benzene rings is 2. The van der Waals surface area contributed by atoms with E-state index in [4.69, 9.17) is 0 Å². The summed E-state index contributed by atoms with van der Waals surface area (Å²) in [4.78, 5) is 0.172.